The molecule has 0 amide bonds. The Kier molecular flexibility index (Phi) is 4.08. The van der Waals surface area contributed by atoms with Crippen molar-refractivity contribution >= 4 is 21.7 Å². The van der Waals surface area contributed by atoms with E-state index in [-0.39, 0.29) is 0 Å². The van der Waals surface area contributed by atoms with E-state index >= 15 is 0 Å². The standard InChI is InChI=1S/C15H22BrN3/c1-11-4-8-18-15(14(11)16)19-9-5-12(6-10-19)13-3-2-7-17-13/h4,8,12-13,17H,2-3,5-7,9-10H2,1H3. The molecule has 3 heterocycles. The highest BCUT2D eigenvalue weighted by Crippen LogP contribution is 2.32. The van der Waals surface area contributed by atoms with E-state index in [0.29, 0.717) is 0 Å². The molecular formula is C15H22BrN3. The molecule has 2 fully saturated rings. The van der Waals surface area contributed by atoms with Gasteiger partial charge in [-0.3, -0.25) is 0 Å². The van der Waals surface area contributed by atoms with Gasteiger partial charge in [0.1, 0.15) is 5.82 Å². The first kappa shape index (κ1) is 13.4. The first-order chi connectivity index (χ1) is 9.25. The fourth-order valence-electron chi connectivity index (χ4n) is 3.37. The minimum atomic E-state index is 0.774. The highest BCUT2D eigenvalue weighted by molar-refractivity contribution is 9.10. The van der Waals surface area contributed by atoms with Gasteiger partial charge in [-0.1, -0.05) is 0 Å². The Bertz CT molecular complexity index is 435. The van der Waals surface area contributed by atoms with E-state index < -0.39 is 0 Å². The van der Waals surface area contributed by atoms with E-state index in [4.69, 9.17) is 0 Å². The second-order valence-electron chi connectivity index (χ2n) is 5.79. The molecule has 0 saturated carbocycles. The number of rotatable bonds is 2. The smallest absolute Gasteiger partial charge is 0.143 e. The van der Waals surface area contributed by atoms with Crippen LogP contribution in [0.25, 0.3) is 0 Å². The normalized spacial score (nSPS) is 24.9. The Morgan fingerprint density at radius 1 is 1.32 bits per heavy atom. The van der Waals surface area contributed by atoms with Crippen molar-refractivity contribution in [2.45, 2.75) is 38.6 Å². The van der Waals surface area contributed by atoms with Gasteiger partial charge in [0.05, 0.1) is 4.47 Å². The van der Waals surface area contributed by atoms with Crippen LogP contribution in [-0.4, -0.2) is 30.7 Å². The van der Waals surface area contributed by atoms with Gasteiger partial charge in [-0.15, -0.1) is 0 Å². The van der Waals surface area contributed by atoms with Gasteiger partial charge in [0.15, 0.2) is 0 Å². The number of anilines is 1. The van der Waals surface area contributed by atoms with E-state index in [1.807, 2.05) is 6.20 Å². The van der Waals surface area contributed by atoms with E-state index in [2.05, 4.69) is 44.1 Å². The predicted molar refractivity (Wildman–Crippen MR) is 82.6 cm³/mol. The van der Waals surface area contributed by atoms with Crippen LogP contribution in [0.15, 0.2) is 16.7 Å². The summed E-state index contributed by atoms with van der Waals surface area (Å²) in [7, 11) is 0. The molecule has 1 unspecified atom stereocenters. The second-order valence-corrected chi connectivity index (χ2v) is 6.59. The summed E-state index contributed by atoms with van der Waals surface area (Å²) in [6.07, 6.45) is 7.23. The summed E-state index contributed by atoms with van der Waals surface area (Å²) < 4.78 is 1.16. The Morgan fingerprint density at radius 2 is 2.11 bits per heavy atom. The number of pyridine rings is 1. The van der Waals surface area contributed by atoms with Gasteiger partial charge in [0.2, 0.25) is 0 Å². The lowest BCUT2D eigenvalue weighted by Crippen LogP contribution is -2.41. The highest BCUT2D eigenvalue weighted by Gasteiger charge is 2.29. The largest absolute Gasteiger partial charge is 0.356 e. The van der Waals surface area contributed by atoms with E-state index in [0.717, 1.165) is 35.3 Å². The van der Waals surface area contributed by atoms with Crippen molar-refractivity contribution in [2.75, 3.05) is 24.5 Å². The summed E-state index contributed by atoms with van der Waals surface area (Å²) in [6, 6.07) is 2.83. The van der Waals surface area contributed by atoms with Crippen LogP contribution >= 0.6 is 15.9 Å². The van der Waals surface area contributed by atoms with Crippen molar-refractivity contribution in [3.63, 3.8) is 0 Å². The summed E-state index contributed by atoms with van der Waals surface area (Å²) in [4.78, 5) is 6.98. The van der Waals surface area contributed by atoms with E-state index in [1.165, 1.54) is 37.8 Å². The molecule has 1 aromatic heterocycles. The summed E-state index contributed by atoms with van der Waals surface area (Å²) in [5, 5.41) is 3.66. The van der Waals surface area contributed by atoms with Crippen molar-refractivity contribution in [1.29, 1.82) is 0 Å². The van der Waals surface area contributed by atoms with Crippen molar-refractivity contribution in [2.24, 2.45) is 5.92 Å². The van der Waals surface area contributed by atoms with Gasteiger partial charge in [0, 0.05) is 25.3 Å². The highest BCUT2D eigenvalue weighted by atomic mass is 79.9. The Labute approximate surface area is 123 Å². The molecule has 1 aromatic rings. The Hall–Kier alpha value is -0.610. The first-order valence-electron chi connectivity index (χ1n) is 7.35. The van der Waals surface area contributed by atoms with Crippen LogP contribution in [0.4, 0.5) is 5.82 Å². The van der Waals surface area contributed by atoms with Crippen LogP contribution in [0.2, 0.25) is 0 Å². The number of halogens is 1. The molecular weight excluding hydrogens is 302 g/mol. The van der Waals surface area contributed by atoms with Crippen molar-refractivity contribution in [3.05, 3.63) is 22.3 Å². The lowest BCUT2D eigenvalue weighted by atomic mass is 9.88. The second kappa shape index (κ2) is 5.80. The fraction of sp³-hybridized carbons (Fsp3) is 0.667. The zero-order valence-electron chi connectivity index (χ0n) is 11.5. The average Bonchev–Trinajstić information content (AvgIpc) is 2.96. The predicted octanol–water partition coefficient (Wildman–Crippen LogP) is 3.12. The van der Waals surface area contributed by atoms with Crippen LogP contribution in [0.5, 0.6) is 0 Å². The molecule has 1 atom stereocenters. The third-order valence-electron chi connectivity index (χ3n) is 4.57. The molecule has 1 N–H and O–H groups in total. The Balaban J connectivity index is 1.64. The van der Waals surface area contributed by atoms with Gasteiger partial charge in [-0.2, -0.15) is 0 Å². The van der Waals surface area contributed by atoms with Crippen LogP contribution < -0.4 is 10.2 Å². The third kappa shape index (κ3) is 2.79. The summed E-state index contributed by atoms with van der Waals surface area (Å²) in [5.41, 5.74) is 1.27. The molecule has 0 bridgehead atoms. The number of nitrogens with zero attached hydrogens (tertiary/aromatic N) is 2. The minimum Gasteiger partial charge on any atom is -0.356 e. The summed E-state index contributed by atoms with van der Waals surface area (Å²) in [5.74, 6) is 1.99. The van der Waals surface area contributed by atoms with Gasteiger partial charge < -0.3 is 10.2 Å². The molecule has 2 aliphatic rings. The van der Waals surface area contributed by atoms with Crippen LogP contribution in [0.1, 0.15) is 31.2 Å². The van der Waals surface area contributed by atoms with Crippen LogP contribution in [0.3, 0.4) is 0 Å². The lowest BCUT2D eigenvalue weighted by Gasteiger charge is -2.36. The molecule has 3 nitrogen and oxygen atoms in total. The SMILES string of the molecule is Cc1ccnc(N2CCC(C3CCCN3)CC2)c1Br. The maximum absolute atomic E-state index is 4.55. The van der Waals surface area contributed by atoms with Crippen molar-refractivity contribution < 1.29 is 0 Å². The third-order valence-corrected chi connectivity index (χ3v) is 5.55. The molecule has 104 valence electrons. The molecule has 19 heavy (non-hydrogen) atoms. The molecule has 0 aliphatic carbocycles. The quantitative estimate of drug-likeness (QED) is 0.906. The average molecular weight is 324 g/mol. The fourth-order valence-corrected chi connectivity index (χ4v) is 3.86. The Morgan fingerprint density at radius 3 is 2.79 bits per heavy atom. The molecule has 4 heteroatoms. The molecule has 0 radical (unpaired) electrons. The monoisotopic (exact) mass is 323 g/mol. The number of aryl methyl sites for hydroxylation is 1. The number of aromatic nitrogens is 1. The minimum absolute atomic E-state index is 0.774. The zero-order chi connectivity index (χ0) is 13.2. The maximum atomic E-state index is 4.55. The molecule has 2 saturated heterocycles. The topological polar surface area (TPSA) is 28.2 Å². The summed E-state index contributed by atoms with van der Waals surface area (Å²) >= 11 is 3.68. The number of hydrogen-bond acceptors (Lipinski definition) is 3. The number of hydrogen-bond donors (Lipinski definition) is 1. The van der Waals surface area contributed by atoms with Crippen LogP contribution in [-0.2, 0) is 0 Å². The van der Waals surface area contributed by atoms with Gasteiger partial charge >= 0.3 is 0 Å². The number of piperidine rings is 1. The van der Waals surface area contributed by atoms with Crippen LogP contribution in [0, 0.1) is 12.8 Å². The van der Waals surface area contributed by atoms with E-state index in [9.17, 15) is 0 Å². The molecule has 3 rings (SSSR count). The maximum Gasteiger partial charge on any atom is 0.143 e. The lowest BCUT2D eigenvalue weighted by molar-refractivity contribution is 0.318. The van der Waals surface area contributed by atoms with Gasteiger partial charge in [-0.05, 0) is 72.6 Å². The van der Waals surface area contributed by atoms with Gasteiger partial charge in [-0.25, -0.2) is 4.98 Å². The van der Waals surface area contributed by atoms with Crippen molar-refractivity contribution in [3.8, 4) is 0 Å². The van der Waals surface area contributed by atoms with Crippen molar-refractivity contribution in [1.82, 2.24) is 10.3 Å². The molecule has 0 aromatic carbocycles. The van der Waals surface area contributed by atoms with E-state index in [1.54, 1.807) is 0 Å². The first-order valence-corrected chi connectivity index (χ1v) is 8.14. The summed E-state index contributed by atoms with van der Waals surface area (Å²) in [6.45, 7) is 5.62. The van der Waals surface area contributed by atoms with Gasteiger partial charge in [0.25, 0.3) is 0 Å². The molecule has 0 spiro atoms. The molecule has 2 aliphatic heterocycles. The zero-order valence-corrected chi connectivity index (χ0v) is 13.1. The number of nitrogens with one attached hydrogen (secondary N) is 1.